The molecule has 0 aliphatic carbocycles. The van der Waals surface area contributed by atoms with Gasteiger partial charge in [0.15, 0.2) is 0 Å². The molecule has 4 nitrogen and oxygen atoms in total. The number of hydrogen-bond donors (Lipinski definition) is 2. The first-order valence-electron chi connectivity index (χ1n) is 2.07. The van der Waals surface area contributed by atoms with E-state index in [1.165, 1.54) is 16.4 Å². The number of nitrogens with zero attached hydrogens (tertiary/aromatic N) is 1. The van der Waals surface area contributed by atoms with E-state index in [2.05, 4.69) is 4.83 Å². The standard InChI is InChI=1S/C3H4N2O2S2/c6-3(7)9-5-1-2-8-4-5/h1-2,4H,(H,6,7). The van der Waals surface area contributed by atoms with Crippen LogP contribution in [0.1, 0.15) is 0 Å². The molecule has 0 aromatic carbocycles. The molecule has 0 bridgehead atoms. The fraction of sp³-hybridized carbons (Fsp3) is 0. The van der Waals surface area contributed by atoms with Crippen molar-refractivity contribution in [3.8, 4) is 0 Å². The van der Waals surface area contributed by atoms with Crippen LogP contribution >= 0.6 is 23.9 Å². The van der Waals surface area contributed by atoms with E-state index in [0.717, 1.165) is 0 Å². The van der Waals surface area contributed by atoms with Gasteiger partial charge in [-0.3, -0.25) is 0 Å². The van der Waals surface area contributed by atoms with Gasteiger partial charge in [-0.15, -0.1) is 0 Å². The SMILES string of the molecule is O=C(O)SN1C=CSN1. The molecule has 9 heavy (non-hydrogen) atoms. The highest BCUT2D eigenvalue weighted by Gasteiger charge is 2.08. The lowest BCUT2D eigenvalue weighted by Gasteiger charge is -2.07. The van der Waals surface area contributed by atoms with E-state index in [1.807, 2.05) is 0 Å². The van der Waals surface area contributed by atoms with Gasteiger partial charge in [0.05, 0.1) is 11.9 Å². The molecule has 2 N–H and O–H groups in total. The number of hydrazine groups is 1. The lowest BCUT2D eigenvalue weighted by molar-refractivity contribution is 0.221. The summed E-state index contributed by atoms with van der Waals surface area (Å²) in [7, 11) is 0. The second-order valence-corrected chi connectivity index (χ2v) is 2.79. The molecule has 0 saturated carbocycles. The smallest absolute Gasteiger partial charge is 0.387 e. The molecule has 0 unspecified atom stereocenters. The summed E-state index contributed by atoms with van der Waals surface area (Å²) in [4.78, 5) is 12.7. The quantitative estimate of drug-likeness (QED) is 0.569. The minimum atomic E-state index is -0.922. The summed E-state index contributed by atoms with van der Waals surface area (Å²) in [5.41, 5.74) is 0. The third kappa shape index (κ3) is 2.17. The van der Waals surface area contributed by atoms with Gasteiger partial charge in [-0.05, 0) is 11.9 Å². The minimum Gasteiger partial charge on any atom is -0.472 e. The zero-order valence-electron chi connectivity index (χ0n) is 4.27. The molecule has 1 heterocycles. The van der Waals surface area contributed by atoms with Gasteiger partial charge >= 0.3 is 5.30 Å². The highest BCUT2D eigenvalue weighted by atomic mass is 32.2. The van der Waals surface area contributed by atoms with Crippen LogP contribution in [-0.4, -0.2) is 14.8 Å². The van der Waals surface area contributed by atoms with Gasteiger partial charge in [0, 0.05) is 11.6 Å². The highest BCUT2D eigenvalue weighted by molar-refractivity contribution is 8.12. The Morgan fingerprint density at radius 2 is 2.67 bits per heavy atom. The molecular weight excluding hydrogens is 160 g/mol. The average Bonchev–Trinajstić information content (AvgIpc) is 2.15. The lowest BCUT2D eigenvalue weighted by atomic mass is 11.1. The first-order chi connectivity index (χ1) is 4.29. The van der Waals surface area contributed by atoms with Crippen molar-refractivity contribution in [3.63, 3.8) is 0 Å². The van der Waals surface area contributed by atoms with Crippen LogP contribution in [0.25, 0.3) is 0 Å². The van der Waals surface area contributed by atoms with E-state index in [4.69, 9.17) is 5.11 Å². The molecule has 1 aliphatic heterocycles. The molecular formula is C3H4N2O2S2. The van der Waals surface area contributed by atoms with E-state index in [9.17, 15) is 4.79 Å². The summed E-state index contributed by atoms with van der Waals surface area (Å²) in [6.07, 6.45) is 1.64. The molecule has 0 saturated heterocycles. The van der Waals surface area contributed by atoms with Gasteiger partial charge in [0.2, 0.25) is 0 Å². The zero-order valence-corrected chi connectivity index (χ0v) is 5.91. The predicted molar refractivity (Wildman–Crippen MR) is 37.3 cm³/mol. The van der Waals surface area contributed by atoms with Crippen LogP contribution in [-0.2, 0) is 0 Å². The molecule has 0 aromatic rings. The molecule has 0 fully saturated rings. The molecule has 1 aliphatic rings. The van der Waals surface area contributed by atoms with Crippen molar-refractivity contribution in [2.24, 2.45) is 0 Å². The van der Waals surface area contributed by atoms with Crippen molar-refractivity contribution in [3.05, 3.63) is 11.6 Å². The highest BCUT2D eigenvalue weighted by Crippen LogP contribution is 2.17. The number of nitrogens with one attached hydrogen (secondary N) is 1. The van der Waals surface area contributed by atoms with Crippen molar-refractivity contribution in [2.75, 3.05) is 0 Å². The normalized spacial score (nSPS) is 16.7. The Morgan fingerprint density at radius 1 is 1.89 bits per heavy atom. The molecule has 0 spiro atoms. The van der Waals surface area contributed by atoms with Crippen molar-refractivity contribution in [2.45, 2.75) is 0 Å². The maximum absolute atomic E-state index is 9.99. The van der Waals surface area contributed by atoms with Gasteiger partial charge in [-0.25, -0.2) is 9.21 Å². The lowest BCUT2D eigenvalue weighted by Crippen LogP contribution is -2.17. The summed E-state index contributed by atoms with van der Waals surface area (Å²) in [5, 5.41) is 9.05. The van der Waals surface area contributed by atoms with Crippen molar-refractivity contribution < 1.29 is 9.90 Å². The van der Waals surface area contributed by atoms with E-state index < -0.39 is 5.30 Å². The van der Waals surface area contributed by atoms with Gasteiger partial charge in [0.25, 0.3) is 0 Å². The van der Waals surface area contributed by atoms with Gasteiger partial charge in [-0.2, -0.15) is 4.83 Å². The Bertz CT molecular complexity index is 149. The monoisotopic (exact) mass is 164 g/mol. The largest absolute Gasteiger partial charge is 0.472 e. The average molecular weight is 164 g/mol. The first kappa shape index (κ1) is 6.79. The Balaban J connectivity index is 2.28. The number of carbonyl (C=O) groups is 1. The molecule has 0 aromatic heterocycles. The van der Waals surface area contributed by atoms with E-state index in [0.29, 0.717) is 11.9 Å². The van der Waals surface area contributed by atoms with Gasteiger partial charge in [-0.1, -0.05) is 0 Å². The molecule has 50 valence electrons. The van der Waals surface area contributed by atoms with Crippen LogP contribution < -0.4 is 4.83 Å². The number of carboxylic acid groups (broad SMARTS) is 1. The molecule has 0 atom stereocenters. The summed E-state index contributed by atoms with van der Waals surface area (Å²) < 4.78 is 1.41. The fourth-order valence-corrected chi connectivity index (χ4v) is 1.39. The zero-order chi connectivity index (χ0) is 6.69. The van der Waals surface area contributed by atoms with Crippen LogP contribution in [0.4, 0.5) is 4.79 Å². The van der Waals surface area contributed by atoms with Crippen LogP contribution in [0.3, 0.4) is 0 Å². The maximum atomic E-state index is 9.99. The Hall–Kier alpha value is -0.330. The second kappa shape index (κ2) is 3.00. The second-order valence-electron chi connectivity index (χ2n) is 1.18. The molecule has 6 heteroatoms. The van der Waals surface area contributed by atoms with E-state index in [1.54, 1.807) is 11.6 Å². The van der Waals surface area contributed by atoms with Crippen LogP contribution in [0, 0.1) is 0 Å². The number of hydrogen-bond acceptors (Lipinski definition) is 5. The minimum absolute atomic E-state index is 0.693. The molecule has 0 amide bonds. The summed E-state index contributed by atoms with van der Waals surface area (Å²) in [5.74, 6) is 0. The number of rotatable bonds is 1. The maximum Gasteiger partial charge on any atom is 0.387 e. The van der Waals surface area contributed by atoms with Crippen molar-refractivity contribution in [1.29, 1.82) is 0 Å². The van der Waals surface area contributed by atoms with Crippen molar-refractivity contribution in [1.82, 2.24) is 9.25 Å². The van der Waals surface area contributed by atoms with Crippen molar-refractivity contribution >= 4 is 29.2 Å². The third-order valence-electron chi connectivity index (χ3n) is 0.583. The summed E-state index contributed by atoms with van der Waals surface area (Å²) >= 11 is 2.03. The fourth-order valence-electron chi connectivity index (χ4n) is 0.332. The first-order valence-corrected chi connectivity index (χ1v) is 3.72. The topological polar surface area (TPSA) is 52.6 Å². The summed E-state index contributed by atoms with van der Waals surface area (Å²) in [6.45, 7) is 0. The van der Waals surface area contributed by atoms with Gasteiger partial charge < -0.3 is 5.11 Å². The third-order valence-corrected chi connectivity index (χ3v) is 1.82. The predicted octanol–water partition coefficient (Wildman–Crippen LogP) is 1.25. The van der Waals surface area contributed by atoms with Crippen LogP contribution in [0.15, 0.2) is 11.6 Å². The Labute approximate surface area is 60.5 Å². The van der Waals surface area contributed by atoms with Gasteiger partial charge in [0.1, 0.15) is 0 Å². The Kier molecular flexibility index (Phi) is 2.26. The Morgan fingerprint density at radius 3 is 3.11 bits per heavy atom. The van der Waals surface area contributed by atoms with E-state index >= 15 is 0 Å². The molecule has 1 rings (SSSR count). The summed E-state index contributed by atoms with van der Waals surface area (Å²) in [6, 6.07) is 0. The molecule has 0 radical (unpaired) electrons. The van der Waals surface area contributed by atoms with Crippen LogP contribution in [0.2, 0.25) is 0 Å². The van der Waals surface area contributed by atoms with Crippen LogP contribution in [0.5, 0.6) is 0 Å². The van der Waals surface area contributed by atoms with E-state index in [-0.39, 0.29) is 0 Å².